The zero-order valence-corrected chi connectivity index (χ0v) is 24.2. The fraction of sp³-hybridized carbons (Fsp3) is 0.469. The molecule has 0 aliphatic carbocycles. The minimum atomic E-state index is -0.287. The molecule has 2 aliphatic heterocycles. The van der Waals surface area contributed by atoms with Crippen molar-refractivity contribution in [3.8, 4) is 0 Å². The van der Waals surface area contributed by atoms with Crippen LogP contribution in [0.3, 0.4) is 0 Å². The molecule has 2 fully saturated rings. The summed E-state index contributed by atoms with van der Waals surface area (Å²) >= 11 is 0. The molecule has 214 valence electrons. The molecule has 0 bridgehead atoms. The van der Waals surface area contributed by atoms with Crippen LogP contribution in [0, 0.1) is 6.92 Å². The van der Waals surface area contributed by atoms with Gasteiger partial charge >= 0.3 is 0 Å². The standard InChI is InChI=1S/C32H42N4O4/c1-5-9-26(33-31(39)27-11-8-7-10-23(27)3)13-15-29(37)36-18-16-35(17-19-36)28-14-12-25(20-24(28)6-2)30(38)34-32(4)21-40-22-32/h7-12,14,20H,5-6,13,15-19,21-22H2,1-4H3,(H,33,39)(H,34,38)/b26-9+. The minimum Gasteiger partial charge on any atom is -0.376 e. The molecule has 2 aromatic carbocycles. The topological polar surface area (TPSA) is 91.0 Å². The number of allylic oxidation sites excluding steroid dienone is 2. The van der Waals surface area contributed by atoms with Gasteiger partial charge in [-0.25, -0.2) is 0 Å². The van der Waals surface area contributed by atoms with Gasteiger partial charge < -0.3 is 25.2 Å². The number of benzene rings is 2. The van der Waals surface area contributed by atoms with Gasteiger partial charge in [-0.3, -0.25) is 14.4 Å². The first-order valence-corrected chi connectivity index (χ1v) is 14.3. The number of aryl methyl sites for hydroxylation is 2. The number of amides is 3. The molecule has 2 aromatic rings. The lowest BCUT2D eigenvalue weighted by Crippen LogP contribution is -2.59. The van der Waals surface area contributed by atoms with Gasteiger partial charge in [0.15, 0.2) is 0 Å². The number of piperazine rings is 1. The van der Waals surface area contributed by atoms with E-state index >= 15 is 0 Å². The van der Waals surface area contributed by atoms with Crippen molar-refractivity contribution in [1.82, 2.24) is 15.5 Å². The van der Waals surface area contributed by atoms with Gasteiger partial charge in [0.1, 0.15) is 0 Å². The Labute approximate surface area is 237 Å². The highest BCUT2D eigenvalue weighted by atomic mass is 16.5. The molecule has 0 radical (unpaired) electrons. The number of rotatable bonds is 10. The van der Waals surface area contributed by atoms with Crippen LogP contribution < -0.4 is 15.5 Å². The van der Waals surface area contributed by atoms with E-state index in [4.69, 9.17) is 4.74 Å². The summed E-state index contributed by atoms with van der Waals surface area (Å²) < 4.78 is 5.25. The van der Waals surface area contributed by atoms with Crippen molar-refractivity contribution in [2.45, 2.75) is 58.9 Å². The molecule has 0 spiro atoms. The lowest BCUT2D eigenvalue weighted by Gasteiger charge is -2.39. The largest absolute Gasteiger partial charge is 0.376 e. The van der Waals surface area contributed by atoms with Crippen LogP contribution in [0.2, 0.25) is 0 Å². The molecule has 4 rings (SSSR count). The third kappa shape index (κ3) is 7.10. The summed E-state index contributed by atoms with van der Waals surface area (Å²) in [5.74, 6) is -0.114. The van der Waals surface area contributed by atoms with Crippen LogP contribution in [-0.4, -0.2) is 67.6 Å². The normalized spacial score (nSPS) is 16.8. The first-order chi connectivity index (χ1) is 19.2. The van der Waals surface area contributed by atoms with Crippen LogP contribution in [-0.2, 0) is 16.0 Å². The molecule has 0 aromatic heterocycles. The second kappa shape index (κ2) is 13.1. The van der Waals surface area contributed by atoms with Gasteiger partial charge in [-0.1, -0.05) is 38.1 Å². The maximum atomic E-state index is 13.1. The summed E-state index contributed by atoms with van der Waals surface area (Å²) in [6, 6.07) is 13.4. The predicted octanol–water partition coefficient (Wildman–Crippen LogP) is 4.23. The van der Waals surface area contributed by atoms with E-state index in [2.05, 4.69) is 22.5 Å². The Morgan fingerprint density at radius 2 is 1.70 bits per heavy atom. The third-order valence-electron chi connectivity index (χ3n) is 7.67. The van der Waals surface area contributed by atoms with Crippen LogP contribution in [0.1, 0.15) is 71.9 Å². The van der Waals surface area contributed by atoms with Gasteiger partial charge in [-0.2, -0.15) is 0 Å². The predicted molar refractivity (Wildman–Crippen MR) is 158 cm³/mol. The number of anilines is 1. The average Bonchev–Trinajstić information content (AvgIpc) is 2.94. The Morgan fingerprint density at radius 3 is 2.33 bits per heavy atom. The molecule has 2 heterocycles. The Kier molecular flexibility index (Phi) is 9.63. The van der Waals surface area contributed by atoms with Gasteiger partial charge in [0.25, 0.3) is 11.8 Å². The maximum Gasteiger partial charge on any atom is 0.255 e. The Hall–Kier alpha value is -3.65. The summed E-state index contributed by atoms with van der Waals surface area (Å²) in [6.45, 7) is 11.9. The van der Waals surface area contributed by atoms with E-state index in [1.165, 1.54) is 0 Å². The molecule has 0 saturated carbocycles. The smallest absolute Gasteiger partial charge is 0.255 e. The number of hydrogen-bond acceptors (Lipinski definition) is 5. The molecular formula is C32H42N4O4. The van der Waals surface area contributed by atoms with Gasteiger partial charge in [0, 0.05) is 55.1 Å². The number of carbonyl (C=O) groups excluding carboxylic acids is 3. The highest BCUT2D eigenvalue weighted by molar-refractivity contribution is 5.97. The quantitative estimate of drug-likeness (QED) is 0.466. The summed E-state index contributed by atoms with van der Waals surface area (Å²) in [6.07, 6.45) is 4.44. The van der Waals surface area contributed by atoms with Crippen LogP contribution in [0.15, 0.2) is 54.2 Å². The third-order valence-corrected chi connectivity index (χ3v) is 7.67. The number of nitrogens with one attached hydrogen (secondary N) is 2. The number of hydrogen-bond donors (Lipinski definition) is 2. The average molecular weight is 547 g/mol. The highest BCUT2D eigenvalue weighted by Gasteiger charge is 2.35. The van der Waals surface area contributed by atoms with E-state index in [1.807, 2.05) is 74.2 Å². The number of nitrogens with zero attached hydrogens (tertiary/aromatic N) is 2. The van der Waals surface area contributed by atoms with E-state index in [1.54, 1.807) is 0 Å². The van der Waals surface area contributed by atoms with Gasteiger partial charge in [0.2, 0.25) is 5.91 Å². The van der Waals surface area contributed by atoms with Crippen LogP contribution in [0.4, 0.5) is 5.69 Å². The minimum absolute atomic E-state index is 0.0750. The molecule has 2 saturated heterocycles. The van der Waals surface area contributed by atoms with Crippen molar-refractivity contribution in [2.75, 3.05) is 44.3 Å². The molecule has 8 heteroatoms. The highest BCUT2D eigenvalue weighted by Crippen LogP contribution is 2.25. The zero-order chi connectivity index (χ0) is 28.7. The molecule has 2 aliphatic rings. The van der Waals surface area contributed by atoms with Crippen molar-refractivity contribution in [3.05, 3.63) is 76.5 Å². The SMILES string of the molecule is CC/C=C(\CCC(=O)N1CCN(c2ccc(C(=O)NC3(C)COC3)cc2CC)CC1)NC(=O)c1ccccc1C. The van der Waals surface area contributed by atoms with Crippen molar-refractivity contribution >= 4 is 23.4 Å². The van der Waals surface area contributed by atoms with E-state index in [0.29, 0.717) is 50.3 Å². The molecule has 3 amide bonds. The van der Waals surface area contributed by atoms with Crippen LogP contribution in [0.5, 0.6) is 0 Å². The monoisotopic (exact) mass is 546 g/mol. The van der Waals surface area contributed by atoms with Crippen molar-refractivity contribution < 1.29 is 19.1 Å². The molecule has 0 atom stereocenters. The van der Waals surface area contributed by atoms with Crippen LogP contribution >= 0.6 is 0 Å². The molecule has 8 nitrogen and oxygen atoms in total. The lowest BCUT2D eigenvalue weighted by atomic mass is 9.99. The van der Waals surface area contributed by atoms with Crippen molar-refractivity contribution in [2.24, 2.45) is 0 Å². The maximum absolute atomic E-state index is 13.1. The van der Waals surface area contributed by atoms with Gasteiger partial charge in [-0.15, -0.1) is 0 Å². The summed E-state index contributed by atoms with van der Waals surface area (Å²) in [5, 5.41) is 6.09. The first kappa shape index (κ1) is 29.3. The second-order valence-corrected chi connectivity index (χ2v) is 11.0. The van der Waals surface area contributed by atoms with Gasteiger partial charge in [-0.05, 0) is 68.5 Å². The van der Waals surface area contributed by atoms with E-state index in [9.17, 15) is 14.4 Å². The Bertz CT molecular complexity index is 1260. The van der Waals surface area contributed by atoms with E-state index < -0.39 is 0 Å². The number of carbonyl (C=O) groups is 3. The Balaban J connectivity index is 1.30. The van der Waals surface area contributed by atoms with Crippen LogP contribution in [0.25, 0.3) is 0 Å². The van der Waals surface area contributed by atoms with Crippen molar-refractivity contribution in [1.29, 1.82) is 0 Å². The number of ether oxygens (including phenoxy) is 1. The summed E-state index contributed by atoms with van der Waals surface area (Å²) in [5.41, 5.74) is 4.98. The molecule has 0 unspecified atom stereocenters. The molecule has 2 N–H and O–H groups in total. The summed E-state index contributed by atoms with van der Waals surface area (Å²) in [7, 11) is 0. The fourth-order valence-corrected chi connectivity index (χ4v) is 5.24. The summed E-state index contributed by atoms with van der Waals surface area (Å²) in [4.78, 5) is 42.8. The Morgan fingerprint density at radius 1 is 0.975 bits per heavy atom. The first-order valence-electron chi connectivity index (χ1n) is 14.3. The van der Waals surface area contributed by atoms with E-state index in [0.717, 1.165) is 48.4 Å². The molecular weight excluding hydrogens is 504 g/mol. The lowest BCUT2D eigenvalue weighted by molar-refractivity contribution is -0.131. The van der Waals surface area contributed by atoms with Gasteiger partial charge in [0.05, 0.1) is 18.8 Å². The molecule has 40 heavy (non-hydrogen) atoms. The van der Waals surface area contributed by atoms with E-state index in [-0.39, 0.29) is 23.3 Å². The van der Waals surface area contributed by atoms with Crippen molar-refractivity contribution in [3.63, 3.8) is 0 Å². The zero-order valence-electron chi connectivity index (χ0n) is 24.2. The fourth-order valence-electron chi connectivity index (χ4n) is 5.24. The second-order valence-electron chi connectivity index (χ2n) is 11.0.